The molecule has 1 aliphatic carbocycles. The van der Waals surface area contributed by atoms with Gasteiger partial charge in [0, 0.05) is 6.07 Å². The van der Waals surface area contributed by atoms with Crippen LogP contribution in [-0.4, -0.2) is 26.8 Å². The quantitative estimate of drug-likeness (QED) is 0.268. The fourth-order valence-corrected chi connectivity index (χ4v) is 4.53. The average molecular weight is 571 g/mol. The monoisotopic (exact) mass is 570 g/mol. The molecule has 1 heterocycles. The van der Waals surface area contributed by atoms with Gasteiger partial charge in [-0.3, -0.25) is 4.79 Å². The Morgan fingerprint density at radius 1 is 1.10 bits per heavy atom. The van der Waals surface area contributed by atoms with E-state index >= 15 is 0 Å². The summed E-state index contributed by atoms with van der Waals surface area (Å²) >= 11 is 0. The van der Waals surface area contributed by atoms with Crippen molar-refractivity contribution in [3.8, 4) is 17.5 Å². The van der Waals surface area contributed by atoms with E-state index in [0.717, 1.165) is 10.2 Å². The highest BCUT2D eigenvalue weighted by molar-refractivity contribution is 5.93. The Morgan fingerprint density at radius 3 is 2.57 bits per heavy atom. The molecule has 1 amide bonds. The number of hydrogen-bond donors (Lipinski definition) is 2. The molecule has 0 aliphatic heterocycles. The number of carbonyl (C=O) groups excluding carboxylic acids is 1. The molecular weight excluding hydrogens is 545 g/mol. The minimum atomic E-state index is -4.78. The topological polar surface area (TPSA) is 100 Å². The number of alkyl halides is 3. The number of halogens is 3. The Labute approximate surface area is 239 Å². The molecule has 0 saturated carbocycles. The van der Waals surface area contributed by atoms with Crippen molar-refractivity contribution in [1.82, 2.24) is 15.1 Å². The van der Waals surface area contributed by atoms with E-state index < -0.39 is 29.9 Å². The van der Waals surface area contributed by atoms with Gasteiger partial charge in [-0.2, -0.15) is 23.5 Å². The predicted octanol–water partition coefficient (Wildman–Crippen LogP) is 6.06. The third-order valence-electron chi connectivity index (χ3n) is 6.67. The molecule has 7 nitrogen and oxygen atoms in total. The second-order valence-corrected chi connectivity index (χ2v) is 9.64. The van der Waals surface area contributed by atoms with E-state index in [1.54, 1.807) is 42.5 Å². The van der Waals surface area contributed by atoms with Crippen LogP contribution in [0, 0.1) is 11.3 Å². The number of benzene rings is 3. The van der Waals surface area contributed by atoms with E-state index in [2.05, 4.69) is 10.4 Å². The minimum Gasteiger partial charge on any atom is -0.489 e. The standard InChI is InChI=1S/C32H25F3N4O3/c33-32(34,35)29-18-28(39(38-29)26-11-4-8-22(16-26)19-36)31(41)37-25-10-5-9-24(17-25)30(40)23-12-14-27(15-13-23)42-20-21-6-2-1-3-7-21/h1-16,18,25,30,40H,17,20H2,(H,37,41). The third kappa shape index (κ3) is 6.59. The lowest BCUT2D eigenvalue weighted by atomic mass is 9.92. The summed E-state index contributed by atoms with van der Waals surface area (Å²) in [5.41, 5.74) is 1.04. The lowest BCUT2D eigenvalue weighted by Crippen LogP contribution is -2.36. The number of nitriles is 1. The summed E-state index contributed by atoms with van der Waals surface area (Å²) < 4.78 is 47.2. The van der Waals surface area contributed by atoms with Gasteiger partial charge in [0.05, 0.1) is 23.4 Å². The van der Waals surface area contributed by atoms with Gasteiger partial charge < -0.3 is 15.2 Å². The fourth-order valence-electron chi connectivity index (χ4n) is 4.53. The Bertz CT molecular complexity index is 1670. The van der Waals surface area contributed by atoms with Crippen molar-refractivity contribution in [2.75, 3.05) is 0 Å². The molecule has 212 valence electrons. The normalized spacial score (nSPS) is 15.4. The zero-order chi connectivity index (χ0) is 29.7. The van der Waals surface area contributed by atoms with Crippen molar-refractivity contribution in [3.63, 3.8) is 0 Å². The highest BCUT2D eigenvalue weighted by Gasteiger charge is 2.36. The van der Waals surface area contributed by atoms with Crippen LogP contribution in [0.1, 0.15) is 45.4 Å². The molecule has 42 heavy (non-hydrogen) atoms. The number of amides is 1. The lowest BCUT2D eigenvalue weighted by molar-refractivity contribution is -0.141. The first-order chi connectivity index (χ1) is 20.2. The van der Waals surface area contributed by atoms with E-state index in [1.165, 1.54) is 24.3 Å². The van der Waals surface area contributed by atoms with Crippen molar-refractivity contribution in [2.24, 2.45) is 0 Å². The number of allylic oxidation sites excluding steroid dienone is 2. The van der Waals surface area contributed by atoms with Crippen LogP contribution < -0.4 is 10.1 Å². The first kappa shape index (κ1) is 28.4. The highest BCUT2D eigenvalue weighted by atomic mass is 19.4. The molecule has 0 bridgehead atoms. The molecule has 3 aromatic carbocycles. The molecule has 10 heteroatoms. The van der Waals surface area contributed by atoms with E-state index in [-0.39, 0.29) is 23.4 Å². The smallest absolute Gasteiger partial charge is 0.435 e. The first-order valence-electron chi connectivity index (χ1n) is 13.0. The maximum absolute atomic E-state index is 13.5. The van der Waals surface area contributed by atoms with Gasteiger partial charge in [-0.05, 0) is 53.5 Å². The van der Waals surface area contributed by atoms with Crippen molar-refractivity contribution in [3.05, 3.63) is 137 Å². The predicted molar refractivity (Wildman–Crippen MR) is 149 cm³/mol. The van der Waals surface area contributed by atoms with Gasteiger partial charge in [-0.15, -0.1) is 0 Å². The van der Waals surface area contributed by atoms with Crippen LogP contribution in [-0.2, 0) is 12.8 Å². The van der Waals surface area contributed by atoms with Gasteiger partial charge in [-0.1, -0.05) is 66.8 Å². The number of aliphatic hydroxyl groups is 1. The molecule has 0 spiro atoms. The Hall–Kier alpha value is -5.14. The van der Waals surface area contributed by atoms with Gasteiger partial charge >= 0.3 is 6.18 Å². The maximum Gasteiger partial charge on any atom is 0.435 e. The Kier molecular flexibility index (Phi) is 8.22. The molecule has 1 aliphatic rings. The summed E-state index contributed by atoms with van der Waals surface area (Å²) in [5, 5.41) is 26.5. The van der Waals surface area contributed by atoms with Crippen LogP contribution in [0.2, 0.25) is 0 Å². The summed E-state index contributed by atoms with van der Waals surface area (Å²) in [6, 6.07) is 24.6. The molecule has 0 radical (unpaired) electrons. The number of aliphatic hydroxyl groups excluding tert-OH is 1. The number of nitrogens with zero attached hydrogens (tertiary/aromatic N) is 3. The zero-order valence-electron chi connectivity index (χ0n) is 22.1. The van der Waals surface area contributed by atoms with E-state index in [9.17, 15) is 28.3 Å². The van der Waals surface area contributed by atoms with Crippen LogP contribution in [0.25, 0.3) is 5.69 Å². The van der Waals surface area contributed by atoms with Crippen molar-refractivity contribution in [1.29, 1.82) is 5.26 Å². The molecule has 5 rings (SSSR count). The Morgan fingerprint density at radius 2 is 1.86 bits per heavy atom. The average Bonchev–Trinajstić information content (AvgIpc) is 3.48. The summed E-state index contributed by atoms with van der Waals surface area (Å²) in [6.45, 7) is 0.410. The molecule has 0 saturated heterocycles. The fraction of sp³-hybridized carbons (Fsp3) is 0.156. The van der Waals surface area contributed by atoms with Gasteiger partial charge in [0.15, 0.2) is 5.69 Å². The van der Waals surface area contributed by atoms with E-state index in [0.29, 0.717) is 29.6 Å². The molecule has 4 aromatic rings. The number of aromatic nitrogens is 2. The second kappa shape index (κ2) is 12.2. The zero-order valence-corrected chi connectivity index (χ0v) is 22.1. The largest absolute Gasteiger partial charge is 0.489 e. The van der Waals surface area contributed by atoms with Gasteiger partial charge in [-0.25, -0.2) is 4.68 Å². The number of nitrogens with one attached hydrogen (secondary N) is 1. The molecule has 2 atom stereocenters. The maximum atomic E-state index is 13.5. The minimum absolute atomic E-state index is 0.140. The summed E-state index contributed by atoms with van der Waals surface area (Å²) in [7, 11) is 0. The van der Waals surface area contributed by atoms with Gasteiger partial charge in [0.1, 0.15) is 24.2 Å². The lowest BCUT2D eigenvalue weighted by Gasteiger charge is -2.23. The van der Waals surface area contributed by atoms with Gasteiger partial charge in [0.25, 0.3) is 5.91 Å². The second-order valence-electron chi connectivity index (χ2n) is 9.64. The van der Waals surface area contributed by atoms with Gasteiger partial charge in [0.2, 0.25) is 0 Å². The first-order valence-corrected chi connectivity index (χ1v) is 13.0. The number of hydrogen-bond acceptors (Lipinski definition) is 5. The Balaban J connectivity index is 1.27. The highest BCUT2D eigenvalue weighted by Crippen LogP contribution is 2.31. The molecule has 2 N–H and O–H groups in total. The summed E-state index contributed by atoms with van der Waals surface area (Å²) in [6.07, 6.45) is -0.393. The van der Waals surface area contributed by atoms with Crippen LogP contribution in [0.5, 0.6) is 5.75 Å². The molecule has 2 unspecified atom stereocenters. The van der Waals surface area contributed by atoms with Crippen molar-refractivity contribution >= 4 is 5.91 Å². The van der Waals surface area contributed by atoms with Crippen LogP contribution in [0.15, 0.2) is 109 Å². The molecular formula is C32H25F3N4O3. The van der Waals surface area contributed by atoms with Crippen LogP contribution in [0.3, 0.4) is 0 Å². The number of ether oxygens (including phenoxy) is 1. The van der Waals surface area contributed by atoms with Crippen LogP contribution >= 0.6 is 0 Å². The van der Waals surface area contributed by atoms with E-state index in [4.69, 9.17) is 4.74 Å². The summed E-state index contributed by atoms with van der Waals surface area (Å²) in [5.74, 6) is -0.140. The molecule has 0 fully saturated rings. The van der Waals surface area contributed by atoms with Crippen molar-refractivity contribution in [2.45, 2.75) is 31.3 Å². The SMILES string of the molecule is N#Cc1cccc(-n2nc(C(F)(F)F)cc2C(=O)NC2C=CC=C(C(O)c3ccc(OCc4ccccc4)cc3)C2)c1. The van der Waals surface area contributed by atoms with Crippen LogP contribution in [0.4, 0.5) is 13.2 Å². The summed E-state index contributed by atoms with van der Waals surface area (Å²) in [4.78, 5) is 13.2. The third-order valence-corrected chi connectivity index (χ3v) is 6.67. The van der Waals surface area contributed by atoms with E-state index in [1.807, 2.05) is 36.4 Å². The number of carbonyl (C=O) groups is 1. The molecule has 1 aromatic heterocycles. The number of rotatable bonds is 8. The van der Waals surface area contributed by atoms with Crippen molar-refractivity contribution < 1.29 is 27.8 Å².